The van der Waals surface area contributed by atoms with E-state index in [0.717, 1.165) is 24.2 Å². The van der Waals surface area contributed by atoms with Crippen molar-refractivity contribution < 1.29 is 5.11 Å². The maximum Gasteiger partial charge on any atom is 0.0978 e. The quantitative estimate of drug-likeness (QED) is 0.486. The number of H-pyrrole nitrogens is 1. The van der Waals surface area contributed by atoms with Crippen molar-refractivity contribution in [1.29, 1.82) is 0 Å². The fourth-order valence-corrected chi connectivity index (χ4v) is 2.67. The molecule has 0 spiro atoms. The minimum absolute atomic E-state index is 0. The van der Waals surface area contributed by atoms with Gasteiger partial charge in [-0.2, -0.15) is 0 Å². The van der Waals surface area contributed by atoms with Gasteiger partial charge in [0, 0.05) is 5.69 Å². The number of aliphatic hydroxyl groups excluding tert-OH is 1. The highest BCUT2D eigenvalue weighted by molar-refractivity contribution is 5.11. The maximum atomic E-state index is 10.0. The van der Waals surface area contributed by atoms with Gasteiger partial charge in [-0.05, 0) is 13.3 Å². The largest absolute Gasteiger partial charge is 0.387 e. The zero-order valence-corrected chi connectivity index (χ0v) is 13.3. The molecule has 0 saturated heterocycles. The number of hydrogen-bond donors (Lipinski definition) is 2. The number of rotatable bonds is 12. The number of aromatic nitrogens is 2. The molecule has 21 heavy (non-hydrogen) atoms. The Morgan fingerprint density at radius 2 is 1.52 bits per heavy atom. The molecule has 0 saturated carbocycles. The van der Waals surface area contributed by atoms with Crippen LogP contribution in [0.4, 0.5) is 0 Å². The summed E-state index contributed by atoms with van der Waals surface area (Å²) >= 11 is 0. The molecule has 0 radical (unpaired) electrons. The van der Waals surface area contributed by atoms with Crippen LogP contribution in [0.25, 0.3) is 0 Å². The van der Waals surface area contributed by atoms with Gasteiger partial charge in [0.2, 0.25) is 0 Å². The van der Waals surface area contributed by atoms with E-state index in [9.17, 15) is 5.11 Å². The van der Waals surface area contributed by atoms with Crippen molar-refractivity contribution in [3.05, 3.63) is 17.7 Å². The van der Waals surface area contributed by atoms with Gasteiger partial charge in [-0.25, -0.2) is 4.98 Å². The summed E-state index contributed by atoms with van der Waals surface area (Å²) in [7, 11) is 0. The minimum Gasteiger partial charge on any atom is -0.387 e. The highest BCUT2D eigenvalue weighted by Gasteiger charge is 2.11. The summed E-state index contributed by atoms with van der Waals surface area (Å²) in [5, 5.41) is 10.0. The molecule has 2 N–H and O–H groups in total. The van der Waals surface area contributed by atoms with E-state index in [0.29, 0.717) is 0 Å². The van der Waals surface area contributed by atoms with E-state index < -0.39 is 6.10 Å². The van der Waals surface area contributed by atoms with Gasteiger partial charge in [-0.15, -0.1) is 0 Å². The van der Waals surface area contributed by atoms with E-state index in [1.54, 1.807) is 6.33 Å². The second kappa shape index (κ2) is 12.9. The topological polar surface area (TPSA) is 48.9 Å². The van der Waals surface area contributed by atoms with E-state index in [2.05, 4.69) is 16.9 Å². The average molecular weight is 296 g/mol. The number of nitrogens with zero attached hydrogens (tertiary/aromatic N) is 1. The number of aryl methyl sites for hydroxylation is 1. The summed E-state index contributed by atoms with van der Waals surface area (Å²) in [5.41, 5.74) is 1.81. The van der Waals surface area contributed by atoms with Crippen LogP contribution < -0.4 is 0 Å². The van der Waals surface area contributed by atoms with Gasteiger partial charge in [-0.1, -0.05) is 78.6 Å². The number of aromatic amines is 1. The molecule has 3 heteroatoms. The average Bonchev–Trinajstić information content (AvgIpc) is 2.87. The van der Waals surface area contributed by atoms with Crippen LogP contribution in [0, 0.1) is 6.92 Å². The maximum absolute atomic E-state index is 10.0. The van der Waals surface area contributed by atoms with E-state index >= 15 is 0 Å². The Balaban J connectivity index is 0.00000400. The standard InChI is InChI=1S/C17H32N2O.CH4/c1-3-4-5-6-7-8-9-10-11-12-13-16(20)17-15(2)18-14-19-17;/h14,16,20H,3-13H2,1-2H3,(H,18,19);1H4. The predicted molar refractivity (Wildman–Crippen MR) is 91.5 cm³/mol. The first-order valence-electron chi connectivity index (χ1n) is 8.43. The van der Waals surface area contributed by atoms with Crippen molar-refractivity contribution >= 4 is 0 Å². The van der Waals surface area contributed by atoms with Gasteiger partial charge >= 0.3 is 0 Å². The summed E-state index contributed by atoms with van der Waals surface area (Å²) in [6.07, 6.45) is 15.4. The third-order valence-corrected chi connectivity index (χ3v) is 4.02. The van der Waals surface area contributed by atoms with Crippen LogP contribution in [0.5, 0.6) is 0 Å². The van der Waals surface area contributed by atoms with Crippen LogP contribution >= 0.6 is 0 Å². The molecule has 0 bridgehead atoms. The molecule has 1 unspecified atom stereocenters. The number of nitrogens with one attached hydrogen (secondary N) is 1. The third kappa shape index (κ3) is 8.92. The minimum atomic E-state index is -0.393. The molecule has 0 fully saturated rings. The zero-order valence-electron chi connectivity index (χ0n) is 13.3. The van der Waals surface area contributed by atoms with Crippen molar-refractivity contribution in [3.63, 3.8) is 0 Å². The highest BCUT2D eigenvalue weighted by Crippen LogP contribution is 2.20. The van der Waals surface area contributed by atoms with E-state index in [-0.39, 0.29) is 7.43 Å². The number of hydrogen-bond acceptors (Lipinski definition) is 2. The second-order valence-corrected chi connectivity index (χ2v) is 5.90. The van der Waals surface area contributed by atoms with E-state index in [1.165, 1.54) is 57.8 Å². The highest BCUT2D eigenvalue weighted by atomic mass is 16.3. The molecule has 0 aliphatic heterocycles. The van der Waals surface area contributed by atoms with E-state index in [1.807, 2.05) is 6.92 Å². The van der Waals surface area contributed by atoms with Gasteiger partial charge in [-0.3, -0.25) is 0 Å². The molecule has 1 rings (SSSR count). The molecule has 0 amide bonds. The monoisotopic (exact) mass is 296 g/mol. The number of imidazole rings is 1. The molecule has 0 aromatic carbocycles. The van der Waals surface area contributed by atoms with Gasteiger partial charge < -0.3 is 10.1 Å². The lowest BCUT2D eigenvalue weighted by Gasteiger charge is -2.08. The molecule has 1 heterocycles. The molecular weight excluding hydrogens is 260 g/mol. The van der Waals surface area contributed by atoms with E-state index in [4.69, 9.17) is 0 Å². The third-order valence-electron chi connectivity index (χ3n) is 4.02. The Hall–Kier alpha value is -0.830. The van der Waals surface area contributed by atoms with Gasteiger partial charge in [0.25, 0.3) is 0 Å². The first-order valence-corrected chi connectivity index (χ1v) is 8.43. The zero-order chi connectivity index (χ0) is 14.6. The molecule has 124 valence electrons. The van der Waals surface area contributed by atoms with Crippen LogP contribution in [0.2, 0.25) is 0 Å². The predicted octanol–water partition coefficient (Wildman–Crippen LogP) is 5.70. The van der Waals surface area contributed by atoms with Crippen molar-refractivity contribution in [2.45, 2.75) is 98.0 Å². The number of aliphatic hydroxyl groups is 1. The van der Waals surface area contributed by atoms with Crippen LogP contribution in [-0.4, -0.2) is 15.1 Å². The molecule has 1 aromatic heterocycles. The van der Waals surface area contributed by atoms with Crippen molar-refractivity contribution in [3.8, 4) is 0 Å². The number of unbranched alkanes of at least 4 members (excludes halogenated alkanes) is 9. The fraction of sp³-hybridized carbons (Fsp3) is 0.833. The summed E-state index contributed by atoms with van der Waals surface area (Å²) in [4.78, 5) is 7.19. The molecule has 3 nitrogen and oxygen atoms in total. The first kappa shape index (κ1) is 20.2. The van der Waals surface area contributed by atoms with Crippen molar-refractivity contribution in [2.24, 2.45) is 0 Å². The SMILES string of the molecule is C.CCCCCCCCCCCCC(O)c1nc[nH]c1C. The van der Waals surface area contributed by atoms with Crippen LogP contribution in [0.15, 0.2) is 6.33 Å². The summed E-state index contributed by atoms with van der Waals surface area (Å²) in [6, 6.07) is 0. The van der Waals surface area contributed by atoms with Crippen molar-refractivity contribution in [1.82, 2.24) is 9.97 Å². The normalized spacial score (nSPS) is 12.1. The van der Waals surface area contributed by atoms with Gasteiger partial charge in [0.15, 0.2) is 0 Å². The van der Waals surface area contributed by atoms with Gasteiger partial charge in [0.1, 0.15) is 0 Å². The lowest BCUT2D eigenvalue weighted by Crippen LogP contribution is -2.00. The Labute approximate surface area is 131 Å². The second-order valence-electron chi connectivity index (χ2n) is 5.90. The molecule has 0 aliphatic rings. The molecule has 1 atom stereocenters. The Kier molecular flexibility index (Phi) is 12.4. The Bertz CT molecular complexity index is 336. The summed E-state index contributed by atoms with van der Waals surface area (Å²) < 4.78 is 0. The van der Waals surface area contributed by atoms with Crippen LogP contribution in [-0.2, 0) is 0 Å². The Morgan fingerprint density at radius 1 is 1.00 bits per heavy atom. The molecule has 1 aromatic rings. The smallest absolute Gasteiger partial charge is 0.0978 e. The lowest BCUT2D eigenvalue weighted by atomic mass is 10.0. The van der Waals surface area contributed by atoms with Crippen molar-refractivity contribution in [2.75, 3.05) is 0 Å². The summed E-state index contributed by atoms with van der Waals surface area (Å²) in [6.45, 7) is 4.23. The lowest BCUT2D eigenvalue weighted by molar-refractivity contribution is 0.158. The van der Waals surface area contributed by atoms with Crippen LogP contribution in [0.1, 0.15) is 102 Å². The summed E-state index contributed by atoms with van der Waals surface area (Å²) in [5.74, 6) is 0. The Morgan fingerprint density at radius 3 is 2.00 bits per heavy atom. The first-order chi connectivity index (χ1) is 9.75. The fourth-order valence-electron chi connectivity index (χ4n) is 2.67. The molecular formula is C18H36N2O. The van der Waals surface area contributed by atoms with Crippen LogP contribution in [0.3, 0.4) is 0 Å². The molecule has 0 aliphatic carbocycles. The van der Waals surface area contributed by atoms with Gasteiger partial charge in [0.05, 0.1) is 18.1 Å².